The molecule has 0 heterocycles. The van der Waals surface area contributed by atoms with Gasteiger partial charge in [-0.2, -0.15) is 0 Å². The van der Waals surface area contributed by atoms with E-state index in [4.69, 9.17) is 11.5 Å². The van der Waals surface area contributed by atoms with Crippen molar-refractivity contribution in [3.05, 3.63) is 0 Å². The molecule has 0 bridgehead atoms. The molecule has 0 amide bonds. The number of rotatable bonds is 3. The van der Waals surface area contributed by atoms with Gasteiger partial charge in [0.1, 0.15) is 0 Å². The maximum atomic E-state index is 5.06. The lowest BCUT2D eigenvalue weighted by Gasteiger charge is -1.89. The van der Waals surface area contributed by atoms with E-state index >= 15 is 0 Å². The molecule has 0 aromatic rings. The van der Waals surface area contributed by atoms with Crippen LogP contribution < -0.4 is 11.5 Å². The minimum Gasteiger partial charge on any atom is -0.370 e. The second-order valence-corrected chi connectivity index (χ2v) is 1.66. The van der Waals surface area contributed by atoms with Gasteiger partial charge in [0.2, 0.25) is 0 Å². The number of hydrogen-bond donors (Lipinski definition) is 2. The van der Waals surface area contributed by atoms with Crippen LogP contribution in [-0.2, 0) is 0 Å². The van der Waals surface area contributed by atoms with Gasteiger partial charge in [0.25, 0.3) is 0 Å². The average Bonchev–Trinajstić information content (AvgIpc) is 1.66. The number of nitrogens with zero attached hydrogens (tertiary/aromatic N) is 1. The molecule has 0 atom stereocenters. The van der Waals surface area contributed by atoms with Crippen LogP contribution in [0.3, 0.4) is 0 Å². The second-order valence-electron chi connectivity index (χ2n) is 1.66. The van der Waals surface area contributed by atoms with Crippen LogP contribution in [0.4, 0.5) is 0 Å². The molecule has 0 aromatic heterocycles. The van der Waals surface area contributed by atoms with E-state index in [9.17, 15) is 0 Å². The zero-order chi connectivity index (χ0) is 6.41. The Hall–Kier alpha value is -0.730. The third-order valence-corrected chi connectivity index (χ3v) is 0.806. The van der Waals surface area contributed by atoms with Crippen LogP contribution in [0.5, 0.6) is 0 Å². The van der Waals surface area contributed by atoms with Crippen LogP contribution in [0.2, 0.25) is 0 Å². The van der Waals surface area contributed by atoms with Crippen LogP contribution >= 0.6 is 0 Å². The SMILES string of the molecule is CCCCN=C(N)N. The number of hydrogen-bond acceptors (Lipinski definition) is 1. The first-order valence-electron chi connectivity index (χ1n) is 2.82. The van der Waals surface area contributed by atoms with Crippen molar-refractivity contribution in [3.63, 3.8) is 0 Å². The molecule has 0 saturated heterocycles. The first-order chi connectivity index (χ1) is 3.77. The molecular formula is C5H13N3. The first kappa shape index (κ1) is 7.27. The van der Waals surface area contributed by atoms with E-state index in [1.165, 1.54) is 0 Å². The fraction of sp³-hybridized carbons (Fsp3) is 0.800. The van der Waals surface area contributed by atoms with Crippen LogP contribution in [0.25, 0.3) is 0 Å². The summed E-state index contributed by atoms with van der Waals surface area (Å²) in [6.45, 7) is 2.86. The van der Waals surface area contributed by atoms with Crippen LogP contribution in [0.15, 0.2) is 4.99 Å². The molecule has 48 valence electrons. The van der Waals surface area contributed by atoms with Crippen molar-refractivity contribution in [2.75, 3.05) is 6.54 Å². The van der Waals surface area contributed by atoms with E-state index in [1.807, 2.05) is 0 Å². The summed E-state index contributed by atoms with van der Waals surface area (Å²) in [6.07, 6.45) is 2.20. The Labute approximate surface area is 49.8 Å². The highest BCUT2D eigenvalue weighted by molar-refractivity contribution is 5.75. The number of aliphatic imine (C=N–C) groups is 1. The van der Waals surface area contributed by atoms with Gasteiger partial charge in [-0.15, -0.1) is 0 Å². The molecule has 3 nitrogen and oxygen atoms in total. The van der Waals surface area contributed by atoms with Crippen molar-refractivity contribution in [3.8, 4) is 0 Å². The minimum absolute atomic E-state index is 0.193. The third-order valence-electron chi connectivity index (χ3n) is 0.806. The lowest BCUT2D eigenvalue weighted by molar-refractivity contribution is 0.806. The van der Waals surface area contributed by atoms with E-state index in [0.717, 1.165) is 19.4 Å². The summed E-state index contributed by atoms with van der Waals surface area (Å²) in [6, 6.07) is 0. The molecule has 3 heteroatoms. The van der Waals surface area contributed by atoms with Crippen molar-refractivity contribution in [1.29, 1.82) is 0 Å². The largest absolute Gasteiger partial charge is 0.370 e. The van der Waals surface area contributed by atoms with Crippen molar-refractivity contribution in [1.82, 2.24) is 0 Å². The Balaban J connectivity index is 3.03. The molecule has 0 aromatic carbocycles. The van der Waals surface area contributed by atoms with Gasteiger partial charge in [0.05, 0.1) is 0 Å². The fourth-order valence-electron chi connectivity index (χ4n) is 0.366. The predicted octanol–water partition coefficient (Wildman–Crippen LogP) is 0.0599. The summed E-state index contributed by atoms with van der Waals surface area (Å²) in [5.74, 6) is 0.193. The van der Waals surface area contributed by atoms with Crippen molar-refractivity contribution < 1.29 is 0 Å². The quantitative estimate of drug-likeness (QED) is 0.310. The fourth-order valence-corrected chi connectivity index (χ4v) is 0.366. The number of unbranched alkanes of at least 4 members (excludes halogenated alkanes) is 1. The standard InChI is InChI=1S/C5H13N3/c1-2-3-4-8-5(6)7/h2-4H2,1H3,(H4,6,7,8). The molecule has 0 aliphatic heterocycles. The summed E-state index contributed by atoms with van der Waals surface area (Å²) >= 11 is 0. The molecule has 8 heavy (non-hydrogen) atoms. The summed E-state index contributed by atoms with van der Waals surface area (Å²) in [5, 5.41) is 0. The number of guanidine groups is 1. The summed E-state index contributed by atoms with van der Waals surface area (Å²) < 4.78 is 0. The van der Waals surface area contributed by atoms with Crippen LogP contribution in [-0.4, -0.2) is 12.5 Å². The van der Waals surface area contributed by atoms with E-state index in [2.05, 4.69) is 11.9 Å². The van der Waals surface area contributed by atoms with Crippen molar-refractivity contribution >= 4 is 5.96 Å². The van der Waals surface area contributed by atoms with E-state index in [1.54, 1.807) is 0 Å². The third kappa shape index (κ3) is 5.27. The highest BCUT2D eigenvalue weighted by Crippen LogP contribution is 1.84. The second kappa shape index (κ2) is 4.43. The Morgan fingerprint density at radius 2 is 2.12 bits per heavy atom. The zero-order valence-corrected chi connectivity index (χ0v) is 5.22. The van der Waals surface area contributed by atoms with Gasteiger partial charge in [-0.1, -0.05) is 13.3 Å². The van der Waals surface area contributed by atoms with E-state index in [-0.39, 0.29) is 5.96 Å². The first-order valence-corrected chi connectivity index (χ1v) is 2.82. The highest BCUT2D eigenvalue weighted by atomic mass is 15.0. The van der Waals surface area contributed by atoms with E-state index in [0.29, 0.717) is 0 Å². The monoisotopic (exact) mass is 115 g/mol. The van der Waals surface area contributed by atoms with Gasteiger partial charge < -0.3 is 11.5 Å². The highest BCUT2D eigenvalue weighted by Gasteiger charge is 1.79. The zero-order valence-electron chi connectivity index (χ0n) is 5.22. The van der Waals surface area contributed by atoms with Gasteiger partial charge in [0.15, 0.2) is 5.96 Å². The topological polar surface area (TPSA) is 64.4 Å². The molecule has 0 aliphatic rings. The van der Waals surface area contributed by atoms with Crippen LogP contribution in [0, 0.1) is 0 Å². The molecule has 0 radical (unpaired) electrons. The minimum atomic E-state index is 0.193. The van der Waals surface area contributed by atoms with Crippen molar-refractivity contribution in [2.24, 2.45) is 16.5 Å². The molecular weight excluding hydrogens is 102 g/mol. The van der Waals surface area contributed by atoms with Gasteiger partial charge in [0, 0.05) is 6.54 Å². The number of nitrogens with two attached hydrogens (primary N) is 2. The Morgan fingerprint density at radius 1 is 1.50 bits per heavy atom. The average molecular weight is 115 g/mol. The molecule has 0 saturated carbocycles. The summed E-state index contributed by atoms with van der Waals surface area (Å²) in [4.78, 5) is 3.79. The molecule has 0 rings (SSSR count). The molecule has 0 unspecified atom stereocenters. The summed E-state index contributed by atoms with van der Waals surface area (Å²) in [7, 11) is 0. The van der Waals surface area contributed by atoms with Crippen LogP contribution in [0.1, 0.15) is 19.8 Å². The van der Waals surface area contributed by atoms with Gasteiger partial charge in [-0.25, -0.2) is 0 Å². The smallest absolute Gasteiger partial charge is 0.185 e. The lowest BCUT2D eigenvalue weighted by atomic mass is 10.3. The van der Waals surface area contributed by atoms with E-state index < -0.39 is 0 Å². The predicted molar refractivity (Wildman–Crippen MR) is 35.6 cm³/mol. The normalized spacial score (nSPS) is 8.62. The molecule has 0 aliphatic carbocycles. The Bertz CT molecular complexity index is 73.7. The van der Waals surface area contributed by atoms with Gasteiger partial charge in [-0.3, -0.25) is 4.99 Å². The Kier molecular flexibility index (Phi) is 4.03. The Morgan fingerprint density at radius 3 is 2.50 bits per heavy atom. The van der Waals surface area contributed by atoms with Gasteiger partial charge in [-0.05, 0) is 6.42 Å². The van der Waals surface area contributed by atoms with Gasteiger partial charge >= 0.3 is 0 Å². The molecule has 0 fully saturated rings. The maximum absolute atomic E-state index is 5.06. The maximum Gasteiger partial charge on any atom is 0.185 e. The van der Waals surface area contributed by atoms with Crippen molar-refractivity contribution in [2.45, 2.75) is 19.8 Å². The molecule has 0 spiro atoms. The summed E-state index contributed by atoms with van der Waals surface area (Å²) in [5.41, 5.74) is 10.1. The molecule has 4 N–H and O–H groups in total. The lowest BCUT2D eigenvalue weighted by Crippen LogP contribution is -2.22.